The molecule has 1 heterocycles. The molecule has 0 aromatic carbocycles. The van der Waals surface area contributed by atoms with Crippen LogP contribution in [0.5, 0.6) is 0 Å². The lowest BCUT2D eigenvalue weighted by molar-refractivity contribution is 0.463. The van der Waals surface area contributed by atoms with Crippen LogP contribution in [0.4, 0.5) is 0 Å². The van der Waals surface area contributed by atoms with Crippen molar-refractivity contribution in [3.63, 3.8) is 0 Å². The predicted octanol–water partition coefficient (Wildman–Crippen LogP) is 3.17. The maximum Gasteiger partial charge on any atom is 0.0632 e. The fourth-order valence-corrected chi connectivity index (χ4v) is 1.35. The quantitative estimate of drug-likeness (QED) is 0.725. The zero-order valence-electron chi connectivity index (χ0n) is 7.20. The van der Waals surface area contributed by atoms with Gasteiger partial charge in [-0.05, 0) is 35.7 Å². The van der Waals surface area contributed by atoms with E-state index in [0.29, 0.717) is 6.04 Å². The molecule has 0 amide bonds. The Kier molecular flexibility index (Phi) is 3.53. The zero-order valence-corrected chi connectivity index (χ0v) is 8.79. The second-order valence-corrected chi connectivity index (χ2v) is 3.77. The topological polar surface area (TPSA) is 17.8 Å². The van der Waals surface area contributed by atoms with Gasteiger partial charge in [-0.15, -0.1) is 6.58 Å². The van der Waals surface area contributed by atoms with E-state index >= 15 is 0 Å². The Hall–Kier alpha value is -0.570. The monoisotopic (exact) mass is 228 g/mol. The summed E-state index contributed by atoms with van der Waals surface area (Å²) in [5.74, 6) is 0. The van der Waals surface area contributed by atoms with Gasteiger partial charge >= 0.3 is 0 Å². The summed E-state index contributed by atoms with van der Waals surface area (Å²) >= 11 is 3.37. The van der Waals surface area contributed by atoms with Crippen LogP contribution in [0.1, 0.15) is 25.8 Å². The third-order valence-electron chi connectivity index (χ3n) is 1.81. The highest BCUT2D eigenvalue weighted by molar-refractivity contribution is 9.10. The van der Waals surface area contributed by atoms with E-state index in [1.807, 2.05) is 23.2 Å². The Bertz CT molecular complexity index is 255. The van der Waals surface area contributed by atoms with Gasteiger partial charge in [0.2, 0.25) is 0 Å². The number of hydrogen-bond donors (Lipinski definition) is 0. The lowest BCUT2D eigenvalue weighted by Gasteiger charge is -2.09. The van der Waals surface area contributed by atoms with E-state index in [9.17, 15) is 0 Å². The van der Waals surface area contributed by atoms with Crippen LogP contribution in [-0.4, -0.2) is 9.78 Å². The number of halogens is 1. The summed E-state index contributed by atoms with van der Waals surface area (Å²) in [7, 11) is 0. The van der Waals surface area contributed by atoms with Crippen LogP contribution in [0.25, 0.3) is 0 Å². The molecule has 3 heteroatoms. The molecule has 0 fully saturated rings. The van der Waals surface area contributed by atoms with E-state index in [1.54, 1.807) is 0 Å². The molecular formula is C9H13BrN2. The van der Waals surface area contributed by atoms with Gasteiger partial charge in [0.15, 0.2) is 0 Å². The van der Waals surface area contributed by atoms with Gasteiger partial charge in [0.05, 0.1) is 10.7 Å². The van der Waals surface area contributed by atoms with Gasteiger partial charge in [0.1, 0.15) is 0 Å². The summed E-state index contributed by atoms with van der Waals surface area (Å²) in [6.45, 7) is 5.85. The van der Waals surface area contributed by atoms with Crippen molar-refractivity contribution in [2.24, 2.45) is 0 Å². The number of nitrogens with zero attached hydrogens (tertiary/aromatic N) is 2. The summed E-state index contributed by atoms with van der Waals surface area (Å²) in [5, 5.41) is 4.20. The van der Waals surface area contributed by atoms with Crippen LogP contribution in [-0.2, 0) is 0 Å². The van der Waals surface area contributed by atoms with Crippen molar-refractivity contribution in [3.8, 4) is 0 Å². The molecule has 0 aliphatic carbocycles. The Balaban J connectivity index is 2.52. The van der Waals surface area contributed by atoms with Crippen molar-refractivity contribution in [2.45, 2.75) is 25.8 Å². The number of allylic oxidation sites excluding steroid dienone is 1. The van der Waals surface area contributed by atoms with E-state index in [1.165, 1.54) is 0 Å². The van der Waals surface area contributed by atoms with Crippen LogP contribution < -0.4 is 0 Å². The van der Waals surface area contributed by atoms with Crippen LogP contribution >= 0.6 is 15.9 Å². The normalized spacial score (nSPS) is 12.8. The summed E-state index contributed by atoms with van der Waals surface area (Å²) in [6, 6.07) is 0.453. The molecule has 0 bridgehead atoms. The van der Waals surface area contributed by atoms with Gasteiger partial charge in [-0.25, -0.2) is 0 Å². The smallest absolute Gasteiger partial charge is 0.0632 e. The highest BCUT2D eigenvalue weighted by atomic mass is 79.9. The average Bonchev–Trinajstić information content (AvgIpc) is 2.47. The average molecular weight is 229 g/mol. The first-order chi connectivity index (χ1) is 5.74. The van der Waals surface area contributed by atoms with Crippen LogP contribution in [0.15, 0.2) is 29.5 Å². The number of aromatic nitrogens is 2. The lowest BCUT2D eigenvalue weighted by Crippen LogP contribution is -2.04. The van der Waals surface area contributed by atoms with Gasteiger partial charge < -0.3 is 0 Å². The van der Waals surface area contributed by atoms with Crippen molar-refractivity contribution in [2.75, 3.05) is 0 Å². The maximum absolute atomic E-state index is 4.20. The minimum atomic E-state index is 0.453. The molecule has 0 spiro atoms. The van der Waals surface area contributed by atoms with Gasteiger partial charge in [-0.3, -0.25) is 4.68 Å². The fraction of sp³-hybridized carbons (Fsp3) is 0.444. The third-order valence-corrected chi connectivity index (χ3v) is 2.22. The summed E-state index contributed by atoms with van der Waals surface area (Å²) < 4.78 is 3.00. The van der Waals surface area contributed by atoms with Crippen LogP contribution in [0.3, 0.4) is 0 Å². The Morgan fingerprint density at radius 3 is 3.08 bits per heavy atom. The van der Waals surface area contributed by atoms with Crippen LogP contribution in [0.2, 0.25) is 0 Å². The first kappa shape index (κ1) is 9.52. The Morgan fingerprint density at radius 1 is 1.83 bits per heavy atom. The Labute approximate surface area is 81.4 Å². The van der Waals surface area contributed by atoms with Gasteiger partial charge in [0, 0.05) is 12.2 Å². The molecular weight excluding hydrogens is 216 g/mol. The molecule has 0 aliphatic rings. The molecule has 1 aromatic heterocycles. The van der Waals surface area contributed by atoms with E-state index in [-0.39, 0.29) is 0 Å². The largest absolute Gasteiger partial charge is 0.269 e. The van der Waals surface area contributed by atoms with Crippen molar-refractivity contribution in [1.29, 1.82) is 0 Å². The first-order valence-electron chi connectivity index (χ1n) is 4.04. The molecule has 0 aliphatic heterocycles. The van der Waals surface area contributed by atoms with Crippen LogP contribution in [0, 0.1) is 0 Å². The van der Waals surface area contributed by atoms with Crippen molar-refractivity contribution >= 4 is 15.9 Å². The van der Waals surface area contributed by atoms with Crippen molar-refractivity contribution < 1.29 is 0 Å². The minimum absolute atomic E-state index is 0.453. The molecule has 0 saturated heterocycles. The summed E-state index contributed by atoms with van der Waals surface area (Å²) in [4.78, 5) is 0. The molecule has 1 rings (SSSR count). The standard InChI is InChI=1S/C9H13BrN2/c1-3-4-5-8(2)12-7-9(10)6-11-12/h3,6-8H,1,4-5H2,2H3/t8-/m0/s1. The minimum Gasteiger partial charge on any atom is -0.269 e. The second kappa shape index (κ2) is 4.45. The van der Waals surface area contributed by atoms with Gasteiger partial charge in [-0.2, -0.15) is 5.10 Å². The van der Waals surface area contributed by atoms with E-state index in [4.69, 9.17) is 0 Å². The SMILES string of the molecule is C=CCC[C@H](C)n1cc(Br)cn1. The molecule has 1 aromatic rings. The molecule has 0 saturated carbocycles. The molecule has 12 heavy (non-hydrogen) atoms. The summed E-state index contributed by atoms with van der Waals surface area (Å²) in [5.41, 5.74) is 0. The summed E-state index contributed by atoms with van der Waals surface area (Å²) in [6.07, 6.45) is 7.88. The predicted molar refractivity (Wildman–Crippen MR) is 54.1 cm³/mol. The van der Waals surface area contributed by atoms with Gasteiger partial charge in [0.25, 0.3) is 0 Å². The third kappa shape index (κ3) is 2.48. The van der Waals surface area contributed by atoms with E-state index in [2.05, 4.69) is 34.5 Å². The maximum atomic E-state index is 4.20. The van der Waals surface area contributed by atoms with Crippen molar-refractivity contribution in [1.82, 2.24) is 9.78 Å². The van der Waals surface area contributed by atoms with E-state index in [0.717, 1.165) is 17.3 Å². The highest BCUT2D eigenvalue weighted by Gasteiger charge is 2.03. The molecule has 1 atom stereocenters. The molecule has 66 valence electrons. The van der Waals surface area contributed by atoms with E-state index < -0.39 is 0 Å². The molecule has 2 nitrogen and oxygen atoms in total. The van der Waals surface area contributed by atoms with Gasteiger partial charge in [-0.1, -0.05) is 6.08 Å². The molecule has 0 N–H and O–H groups in total. The lowest BCUT2D eigenvalue weighted by atomic mass is 10.2. The second-order valence-electron chi connectivity index (χ2n) is 2.85. The first-order valence-corrected chi connectivity index (χ1v) is 4.84. The molecule has 0 unspecified atom stereocenters. The van der Waals surface area contributed by atoms with Crippen molar-refractivity contribution in [3.05, 3.63) is 29.5 Å². The fourth-order valence-electron chi connectivity index (χ4n) is 1.05. The Morgan fingerprint density at radius 2 is 2.58 bits per heavy atom. The number of rotatable bonds is 4. The zero-order chi connectivity index (χ0) is 8.97. The molecule has 0 radical (unpaired) electrons. The highest BCUT2D eigenvalue weighted by Crippen LogP contribution is 2.15. The number of hydrogen-bond acceptors (Lipinski definition) is 1.